The minimum Gasteiger partial charge on any atom is -0.332 e. The summed E-state index contributed by atoms with van der Waals surface area (Å²) in [5, 5.41) is 12.7. The number of nitrogens with one attached hydrogen (secondary N) is 2. The van der Waals surface area contributed by atoms with Crippen molar-refractivity contribution in [3.63, 3.8) is 0 Å². The Labute approximate surface area is 172 Å². The Morgan fingerprint density at radius 3 is 2.50 bits per heavy atom. The Morgan fingerprint density at radius 1 is 1.00 bits per heavy atom. The summed E-state index contributed by atoms with van der Waals surface area (Å²) in [6.45, 7) is 2.42. The van der Waals surface area contributed by atoms with Gasteiger partial charge in [-0.3, -0.25) is 4.68 Å². The van der Waals surface area contributed by atoms with Crippen LogP contribution in [-0.4, -0.2) is 14.9 Å². The van der Waals surface area contributed by atoms with Crippen molar-refractivity contribution in [2.75, 3.05) is 10.6 Å². The summed E-state index contributed by atoms with van der Waals surface area (Å²) in [5.41, 5.74) is 2.69. The molecule has 0 bridgehead atoms. The van der Waals surface area contributed by atoms with E-state index in [2.05, 4.69) is 15.7 Å². The van der Waals surface area contributed by atoms with Gasteiger partial charge in [0.2, 0.25) is 0 Å². The Bertz CT molecular complexity index is 955. The molecule has 0 saturated heterocycles. The number of hydrogen-bond donors (Lipinski definition) is 2. The fourth-order valence-electron chi connectivity index (χ4n) is 2.37. The highest BCUT2D eigenvalue weighted by atomic mass is 35.5. The summed E-state index contributed by atoms with van der Waals surface area (Å²) in [6, 6.07) is 13.2. The van der Waals surface area contributed by atoms with Crippen LogP contribution in [0.1, 0.15) is 11.1 Å². The van der Waals surface area contributed by atoms with Gasteiger partial charge in [0.1, 0.15) is 5.02 Å². The van der Waals surface area contributed by atoms with Crippen LogP contribution in [0.2, 0.25) is 15.1 Å². The molecular weight excluding hydrogens is 411 g/mol. The molecule has 0 radical (unpaired) electrons. The molecular formula is C18H15Cl3N4S. The number of rotatable bonds is 4. The van der Waals surface area contributed by atoms with E-state index < -0.39 is 0 Å². The van der Waals surface area contributed by atoms with Crippen molar-refractivity contribution in [2.45, 2.75) is 13.5 Å². The van der Waals surface area contributed by atoms with Crippen molar-refractivity contribution in [2.24, 2.45) is 0 Å². The number of benzene rings is 2. The number of hydrogen-bond acceptors (Lipinski definition) is 2. The van der Waals surface area contributed by atoms with E-state index in [1.807, 2.05) is 49.4 Å². The number of thiocarbonyl (C=S) groups is 1. The standard InChI is InChI=1S/C18H15Cl3N4S/c1-11-13(19)7-4-8-16(11)22-18(26)23-17-15(21)10-25(24-17)9-12-5-2-3-6-14(12)20/h2-8,10H,9H2,1H3,(H2,22,23,24,26). The second kappa shape index (κ2) is 8.27. The SMILES string of the molecule is Cc1c(Cl)cccc1NC(=S)Nc1nn(Cc2ccccc2Cl)cc1Cl. The predicted molar refractivity (Wildman–Crippen MR) is 114 cm³/mol. The summed E-state index contributed by atoms with van der Waals surface area (Å²) < 4.78 is 1.71. The second-order valence-corrected chi connectivity index (χ2v) is 7.24. The van der Waals surface area contributed by atoms with Crippen LogP contribution in [0.25, 0.3) is 0 Å². The van der Waals surface area contributed by atoms with E-state index in [-0.39, 0.29) is 0 Å². The maximum atomic E-state index is 6.27. The number of halogens is 3. The molecule has 1 aromatic heterocycles. The molecule has 0 saturated carbocycles. The molecule has 0 spiro atoms. The van der Waals surface area contributed by atoms with E-state index in [4.69, 9.17) is 47.0 Å². The number of aromatic nitrogens is 2. The van der Waals surface area contributed by atoms with Gasteiger partial charge in [-0.1, -0.05) is 59.1 Å². The first kappa shape index (κ1) is 19.0. The highest BCUT2D eigenvalue weighted by Crippen LogP contribution is 2.25. The van der Waals surface area contributed by atoms with E-state index in [0.717, 1.165) is 16.8 Å². The van der Waals surface area contributed by atoms with Crippen molar-refractivity contribution in [3.8, 4) is 0 Å². The van der Waals surface area contributed by atoms with E-state index >= 15 is 0 Å². The van der Waals surface area contributed by atoms with Gasteiger partial charge in [-0.25, -0.2) is 0 Å². The Hall–Kier alpha value is -1.79. The Morgan fingerprint density at radius 2 is 1.73 bits per heavy atom. The number of nitrogens with zero attached hydrogens (tertiary/aromatic N) is 2. The lowest BCUT2D eigenvalue weighted by Gasteiger charge is -2.12. The normalized spacial score (nSPS) is 10.6. The lowest BCUT2D eigenvalue weighted by molar-refractivity contribution is 0.690. The minimum absolute atomic E-state index is 0.375. The van der Waals surface area contributed by atoms with Crippen molar-refractivity contribution in [1.82, 2.24) is 9.78 Å². The maximum absolute atomic E-state index is 6.27. The average Bonchev–Trinajstić information content (AvgIpc) is 2.93. The molecule has 2 aromatic carbocycles. The molecule has 2 N–H and O–H groups in total. The van der Waals surface area contributed by atoms with Gasteiger partial charge in [0, 0.05) is 21.9 Å². The summed E-state index contributed by atoms with van der Waals surface area (Å²) in [4.78, 5) is 0. The van der Waals surface area contributed by atoms with E-state index in [9.17, 15) is 0 Å². The van der Waals surface area contributed by atoms with Crippen molar-refractivity contribution < 1.29 is 0 Å². The largest absolute Gasteiger partial charge is 0.332 e. The summed E-state index contributed by atoms with van der Waals surface area (Å²) >= 11 is 23.9. The lowest BCUT2D eigenvalue weighted by Crippen LogP contribution is -2.20. The average molecular weight is 426 g/mol. The highest BCUT2D eigenvalue weighted by molar-refractivity contribution is 7.80. The monoisotopic (exact) mass is 424 g/mol. The van der Waals surface area contributed by atoms with Crippen LogP contribution in [0.15, 0.2) is 48.7 Å². The van der Waals surface area contributed by atoms with Gasteiger partial charge in [-0.15, -0.1) is 0 Å². The topological polar surface area (TPSA) is 41.9 Å². The smallest absolute Gasteiger partial charge is 0.176 e. The molecule has 0 aliphatic rings. The van der Waals surface area contributed by atoms with Crippen molar-refractivity contribution in [3.05, 3.63) is 74.9 Å². The lowest BCUT2D eigenvalue weighted by atomic mass is 10.2. The molecule has 3 rings (SSSR count). The quantitative estimate of drug-likeness (QED) is 0.502. The van der Waals surface area contributed by atoms with Crippen LogP contribution < -0.4 is 10.6 Å². The van der Waals surface area contributed by atoms with Gasteiger partial charge in [0.15, 0.2) is 10.9 Å². The number of anilines is 2. The molecule has 0 amide bonds. The third-order valence-electron chi connectivity index (χ3n) is 3.76. The molecule has 0 atom stereocenters. The zero-order valence-electron chi connectivity index (χ0n) is 13.8. The summed E-state index contributed by atoms with van der Waals surface area (Å²) in [5.74, 6) is 0.468. The molecule has 0 fully saturated rings. The molecule has 4 nitrogen and oxygen atoms in total. The van der Waals surface area contributed by atoms with Gasteiger partial charge in [-0.2, -0.15) is 5.10 Å². The molecule has 26 heavy (non-hydrogen) atoms. The fourth-order valence-corrected chi connectivity index (χ4v) is 3.14. The van der Waals surface area contributed by atoms with Crippen LogP contribution >= 0.6 is 47.0 Å². The molecule has 0 aliphatic carbocycles. The Kier molecular flexibility index (Phi) is 6.04. The van der Waals surface area contributed by atoms with Crippen LogP contribution in [-0.2, 0) is 6.54 Å². The maximum Gasteiger partial charge on any atom is 0.176 e. The first-order valence-corrected chi connectivity index (χ1v) is 9.27. The van der Waals surface area contributed by atoms with E-state index in [1.54, 1.807) is 10.9 Å². The van der Waals surface area contributed by atoms with Crippen molar-refractivity contribution >= 4 is 63.6 Å². The van der Waals surface area contributed by atoms with Gasteiger partial charge >= 0.3 is 0 Å². The van der Waals surface area contributed by atoms with Crippen LogP contribution in [0, 0.1) is 6.92 Å². The van der Waals surface area contributed by atoms with Gasteiger partial charge in [0.05, 0.1) is 6.54 Å². The van der Waals surface area contributed by atoms with Gasteiger partial charge in [0.25, 0.3) is 0 Å². The van der Waals surface area contributed by atoms with E-state index in [0.29, 0.717) is 32.5 Å². The van der Waals surface area contributed by atoms with Crippen molar-refractivity contribution in [1.29, 1.82) is 0 Å². The van der Waals surface area contributed by atoms with Gasteiger partial charge < -0.3 is 10.6 Å². The molecule has 0 aliphatic heterocycles. The molecule has 1 heterocycles. The minimum atomic E-state index is 0.375. The fraction of sp³-hybridized carbons (Fsp3) is 0.111. The van der Waals surface area contributed by atoms with E-state index in [1.165, 1.54) is 0 Å². The third kappa shape index (κ3) is 4.48. The predicted octanol–water partition coefficient (Wildman–Crippen LogP) is 6.01. The zero-order chi connectivity index (χ0) is 18.7. The van der Waals surface area contributed by atoms with Crippen LogP contribution in [0.5, 0.6) is 0 Å². The second-order valence-electron chi connectivity index (χ2n) is 5.61. The first-order valence-electron chi connectivity index (χ1n) is 7.73. The Balaban J connectivity index is 1.70. The first-order chi connectivity index (χ1) is 12.4. The molecule has 0 unspecified atom stereocenters. The summed E-state index contributed by atoms with van der Waals surface area (Å²) in [6.07, 6.45) is 1.72. The molecule has 3 aromatic rings. The van der Waals surface area contributed by atoms with Crippen LogP contribution in [0.4, 0.5) is 11.5 Å². The highest BCUT2D eigenvalue weighted by Gasteiger charge is 2.11. The van der Waals surface area contributed by atoms with Crippen LogP contribution in [0.3, 0.4) is 0 Å². The molecule has 134 valence electrons. The van der Waals surface area contributed by atoms with Gasteiger partial charge in [-0.05, 0) is 48.5 Å². The summed E-state index contributed by atoms with van der Waals surface area (Å²) in [7, 11) is 0. The third-order valence-corrected chi connectivity index (χ3v) is 5.01. The zero-order valence-corrected chi connectivity index (χ0v) is 16.8. The molecule has 8 heteroatoms.